The van der Waals surface area contributed by atoms with Gasteiger partial charge in [-0.1, -0.05) is 24.6 Å². The van der Waals surface area contributed by atoms with Gasteiger partial charge in [0.25, 0.3) is 0 Å². The number of aromatic nitrogens is 1. The Hall–Kier alpha value is -2.01. The monoisotopic (exact) mass is 328 g/mol. The number of nitrogens with one attached hydrogen (secondary N) is 3. The number of carbonyl (C=O) groups is 1. The molecule has 24 heavy (non-hydrogen) atoms. The van der Waals surface area contributed by atoms with E-state index in [0.29, 0.717) is 6.54 Å². The van der Waals surface area contributed by atoms with Crippen LogP contribution in [0.1, 0.15) is 31.7 Å². The van der Waals surface area contributed by atoms with Gasteiger partial charge in [0.15, 0.2) is 0 Å². The van der Waals surface area contributed by atoms with Crippen LogP contribution in [0.5, 0.6) is 0 Å². The Bertz CT molecular complexity index is 660. The Kier molecular flexibility index (Phi) is 5.75. The molecule has 5 nitrogen and oxygen atoms in total. The first-order chi connectivity index (χ1) is 11.8. The molecule has 1 atom stereocenters. The molecule has 1 aliphatic heterocycles. The van der Waals surface area contributed by atoms with Crippen molar-refractivity contribution >= 4 is 16.9 Å². The highest BCUT2D eigenvalue weighted by Gasteiger charge is 2.19. The zero-order valence-electron chi connectivity index (χ0n) is 14.5. The number of likely N-dealkylation sites (tertiary alicyclic amines) is 1. The molecule has 0 bridgehead atoms. The largest absolute Gasteiger partial charge is 0.361 e. The molecule has 2 aromatic rings. The molecule has 0 radical (unpaired) electrons. The van der Waals surface area contributed by atoms with Gasteiger partial charge in [0.2, 0.25) is 0 Å². The number of fused-ring (bicyclic) bond motifs is 1. The molecule has 2 amide bonds. The minimum absolute atomic E-state index is 0.0700. The Morgan fingerprint density at radius 2 is 2.04 bits per heavy atom. The van der Waals surface area contributed by atoms with Crippen LogP contribution in [0.25, 0.3) is 10.9 Å². The van der Waals surface area contributed by atoms with Gasteiger partial charge in [-0.25, -0.2) is 4.79 Å². The summed E-state index contributed by atoms with van der Waals surface area (Å²) in [6.07, 6.45) is 6.78. The Labute approximate surface area is 143 Å². The van der Waals surface area contributed by atoms with E-state index in [0.717, 1.165) is 31.6 Å². The molecule has 0 spiro atoms. The molecule has 3 rings (SSSR count). The first-order valence-electron chi connectivity index (χ1n) is 9.08. The van der Waals surface area contributed by atoms with Crippen molar-refractivity contribution in [3.05, 3.63) is 36.0 Å². The van der Waals surface area contributed by atoms with E-state index in [-0.39, 0.29) is 12.1 Å². The summed E-state index contributed by atoms with van der Waals surface area (Å²) in [4.78, 5) is 17.9. The third kappa shape index (κ3) is 4.29. The number of rotatable bonds is 6. The maximum atomic E-state index is 12.0. The summed E-state index contributed by atoms with van der Waals surface area (Å²) >= 11 is 0. The van der Waals surface area contributed by atoms with Crippen LogP contribution >= 0.6 is 0 Å². The number of para-hydroxylation sites is 1. The van der Waals surface area contributed by atoms with Crippen LogP contribution < -0.4 is 10.6 Å². The fourth-order valence-electron chi connectivity index (χ4n) is 3.58. The van der Waals surface area contributed by atoms with Crippen LogP contribution in [0.15, 0.2) is 30.5 Å². The van der Waals surface area contributed by atoms with Gasteiger partial charge < -0.3 is 20.5 Å². The molecule has 1 unspecified atom stereocenters. The molecule has 1 fully saturated rings. The van der Waals surface area contributed by atoms with Crippen molar-refractivity contribution in [1.82, 2.24) is 20.5 Å². The number of urea groups is 1. The van der Waals surface area contributed by atoms with Gasteiger partial charge in [-0.05, 0) is 50.9 Å². The quantitative estimate of drug-likeness (QED) is 0.763. The molecule has 130 valence electrons. The Morgan fingerprint density at radius 3 is 2.83 bits per heavy atom. The molecule has 5 heteroatoms. The van der Waals surface area contributed by atoms with Crippen LogP contribution in [0.4, 0.5) is 4.79 Å². The highest BCUT2D eigenvalue weighted by Crippen LogP contribution is 2.20. The standard InChI is InChI=1S/C19H28N4O/c1-2-20-19(24)22-16(14-23-10-6-3-7-11-23)12-15-13-21-18-9-5-4-8-17(15)18/h4-5,8-9,13,16,21H,2-3,6-7,10-12,14H2,1H3,(H2,20,22,24). The van der Waals surface area contributed by atoms with E-state index in [1.54, 1.807) is 0 Å². The van der Waals surface area contributed by atoms with Crippen LogP contribution in [0.2, 0.25) is 0 Å². The van der Waals surface area contributed by atoms with E-state index in [4.69, 9.17) is 0 Å². The van der Waals surface area contributed by atoms with E-state index >= 15 is 0 Å². The second kappa shape index (κ2) is 8.20. The fraction of sp³-hybridized carbons (Fsp3) is 0.526. The summed E-state index contributed by atoms with van der Waals surface area (Å²) in [7, 11) is 0. The lowest BCUT2D eigenvalue weighted by atomic mass is 10.0. The predicted molar refractivity (Wildman–Crippen MR) is 98.3 cm³/mol. The van der Waals surface area contributed by atoms with Crippen molar-refractivity contribution in [2.24, 2.45) is 0 Å². The molecular formula is C19H28N4O. The Balaban J connectivity index is 1.71. The van der Waals surface area contributed by atoms with Crippen LogP contribution in [-0.4, -0.2) is 48.1 Å². The molecule has 1 aliphatic rings. The van der Waals surface area contributed by atoms with Crippen molar-refractivity contribution in [3.8, 4) is 0 Å². The number of hydrogen-bond donors (Lipinski definition) is 3. The van der Waals surface area contributed by atoms with Gasteiger partial charge in [0.1, 0.15) is 0 Å². The minimum atomic E-state index is -0.0700. The van der Waals surface area contributed by atoms with Gasteiger partial charge in [-0.2, -0.15) is 0 Å². The third-order valence-corrected chi connectivity index (χ3v) is 4.74. The SMILES string of the molecule is CCNC(=O)NC(Cc1c[nH]c2ccccc12)CN1CCCCC1. The van der Waals surface area contributed by atoms with E-state index < -0.39 is 0 Å². The molecular weight excluding hydrogens is 300 g/mol. The molecule has 3 N–H and O–H groups in total. The smallest absolute Gasteiger partial charge is 0.315 e. The first kappa shape index (κ1) is 16.8. The van der Waals surface area contributed by atoms with Gasteiger partial charge >= 0.3 is 6.03 Å². The van der Waals surface area contributed by atoms with E-state index in [9.17, 15) is 4.79 Å². The Morgan fingerprint density at radius 1 is 1.25 bits per heavy atom. The van der Waals surface area contributed by atoms with Crippen LogP contribution in [0, 0.1) is 0 Å². The van der Waals surface area contributed by atoms with Gasteiger partial charge in [-0.15, -0.1) is 0 Å². The number of hydrogen-bond acceptors (Lipinski definition) is 2. The first-order valence-corrected chi connectivity index (χ1v) is 9.08. The summed E-state index contributed by atoms with van der Waals surface area (Å²) < 4.78 is 0. The van der Waals surface area contributed by atoms with Crippen molar-refractivity contribution < 1.29 is 4.79 Å². The number of piperidine rings is 1. The maximum Gasteiger partial charge on any atom is 0.315 e. The molecule has 0 saturated carbocycles. The second-order valence-electron chi connectivity index (χ2n) is 6.63. The number of carbonyl (C=O) groups excluding carboxylic acids is 1. The van der Waals surface area contributed by atoms with Gasteiger partial charge in [0, 0.05) is 36.2 Å². The van der Waals surface area contributed by atoms with Gasteiger partial charge in [-0.3, -0.25) is 0 Å². The fourth-order valence-corrected chi connectivity index (χ4v) is 3.58. The molecule has 1 aromatic heterocycles. The van der Waals surface area contributed by atoms with Crippen molar-refractivity contribution in [2.45, 2.75) is 38.6 Å². The lowest BCUT2D eigenvalue weighted by Crippen LogP contribution is -2.49. The molecule has 2 heterocycles. The van der Waals surface area contributed by atoms with Crippen molar-refractivity contribution in [3.63, 3.8) is 0 Å². The number of H-pyrrole nitrogens is 1. The molecule has 0 aliphatic carbocycles. The van der Waals surface area contributed by atoms with E-state index in [2.05, 4.69) is 44.9 Å². The molecule has 1 saturated heterocycles. The van der Waals surface area contributed by atoms with E-state index in [1.807, 2.05) is 13.0 Å². The number of amides is 2. The van der Waals surface area contributed by atoms with Gasteiger partial charge in [0.05, 0.1) is 0 Å². The molecule has 1 aromatic carbocycles. The summed E-state index contributed by atoms with van der Waals surface area (Å²) in [6, 6.07) is 8.39. The topological polar surface area (TPSA) is 60.2 Å². The zero-order valence-corrected chi connectivity index (χ0v) is 14.5. The summed E-state index contributed by atoms with van der Waals surface area (Å²) in [5.74, 6) is 0. The number of nitrogens with zero attached hydrogens (tertiary/aromatic N) is 1. The summed E-state index contributed by atoms with van der Waals surface area (Å²) in [5, 5.41) is 7.27. The minimum Gasteiger partial charge on any atom is -0.361 e. The lowest BCUT2D eigenvalue weighted by Gasteiger charge is -2.31. The average molecular weight is 328 g/mol. The summed E-state index contributed by atoms with van der Waals surface area (Å²) in [5.41, 5.74) is 2.42. The third-order valence-electron chi connectivity index (χ3n) is 4.74. The second-order valence-corrected chi connectivity index (χ2v) is 6.63. The highest BCUT2D eigenvalue weighted by molar-refractivity contribution is 5.83. The number of aromatic amines is 1. The lowest BCUT2D eigenvalue weighted by molar-refractivity contribution is 0.198. The number of benzene rings is 1. The van der Waals surface area contributed by atoms with Crippen molar-refractivity contribution in [1.29, 1.82) is 0 Å². The van der Waals surface area contributed by atoms with Crippen LogP contribution in [0.3, 0.4) is 0 Å². The maximum absolute atomic E-state index is 12.0. The van der Waals surface area contributed by atoms with Crippen LogP contribution in [-0.2, 0) is 6.42 Å². The van der Waals surface area contributed by atoms with E-state index in [1.165, 1.54) is 30.2 Å². The van der Waals surface area contributed by atoms with Crippen molar-refractivity contribution in [2.75, 3.05) is 26.2 Å². The predicted octanol–water partition coefficient (Wildman–Crippen LogP) is 2.88. The summed E-state index contributed by atoms with van der Waals surface area (Å²) in [6.45, 7) is 5.79. The zero-order chi connectivity index (χ0) is 16.8. The highest BCUT2D eigenvalue weighted by atomic mass is 16.2. The average Bonchev–Trinajstić information content (AvgIpc) is 2.99. The normalized spacial score (nSPS) is 16.9.